The fourth-order valence-corrected chi connectivity index (χ4v) is 2.97. The molecule has 2 heterocycles. The van der Waals surface area contributed by atoms with Gasteiger partial charge in [0.25, 0.3) is 11.8 Å². The van der Waals surface area contributed by atoms with E-state index < -0.39 is 0 Å². The third-order valence-corrected chi connectivity index (χ3v) is 4.18. The molecule has 0 saturated heterocycles. The van der Waals surface area contributed by atoms with E-state index in [4.69, 9.17) is 0 Å². The molecule has 3 aromatic rings. The Kier molecular flexibility index (Phi) is 2.84. The van der Waals surface area contributed by atoms with Crippen LogP contribution in [0.25, 0.3) is 10.8 Å². The number of halogens is 1. The summed E-state index contributed by atoms with van der Waals surface area (Å²) in [7, 11) is 0. The number of pyridine rings is 1. The van der Waals surface area contributed by atoms with Crippen LogP contribution in [0, 0.1) is 0 Å². The summed E-state index contributed by atoms with van der Waals surface area (Å²) in [5.74, 6) is -0.363. The number of anilines is 1. The van der Waals surface area contributed by atoms with E-state index in [1.54, 1.807) is 30.5 Å². The Labute approximate surface area is 134 Å². The van der Waals surface area contributed by atoms with Crippen LogP contribution in [0.15, 0.2) is 59.2 Å². The monoisotopic (exact) mass is 352 g/mol. The Bertz CT molecular complexity index is 884. The Hall–Kier alpha value is -2.53. The van der Waals surface area contributed by atoms with E-state index in [0.717, 1.165) is 14.8 Å². The second-order valence-electron chi connectivity index (χ2n) is 4.99. The topological polar surface area (TPSA) is 50.3 Å². The van der Waals surface area contributed by atoms with Gasteiger partial charge >= 0.3 is 0 Å². The highest BCUT2D eigenvalue weighted by atomic mass is 79.9. The van der Waals surface area contributed by atoms with Crippen LogP contribution in [0.2, 0.25) is 0 Å². The van der Waals surface area contributed by atoms with Gasteiger partial charge in [-0.15, -0.1) is 0 Å². The molecule has 0 atom stereocenters. The molecular formula is C17H9BrN2O2. The largest absolute Gasteiger partial charge is 0.268 e. The summed E-state index contributed by atoms with van der Waals surface area (Å²) < 4.78 is 0.788. The summed E-state index contributed by atoms with van der Waals surface area (Å²) >= 11 is 3.30. The van der Waals surface area contributed by atoms with Crippen molar-refractivity contribution in [1.82, 2.24) is 4.98 Å². The maximum atomic E-state index is 12.8. The van der Waals surface area contributed by atoms with Crippen LogP contribution >= 0.6 is 15.9 Å². The molecular weight excluding hydrogens is 344 g/mol. The highest BCUT2D eigenvalue weighted by Crippen LogP contribution is 2.32. The molecule has 5 heteroatoms. The third-order valence-electron chi connectivity index (χ3n) is 3.71. The van der Waals surface area contributed by atoms with Gasteiger partial charge in [0.2, 0.25) is 0 Å². The Balaban J connectivity index is 1.97. The van der Waals surface area contributed by atoms with Gasteiger partial charge in [-0.25, -0.2) is 9.88 Å². The first kappa shape index (κ1) is 13.2. The lowest BCUT2D eigenvalue weighted by Crippen LogP contribution is -2.40. The van der Waals surface area contributed by atoms with Crippen LogP contribution in [0.3, 0.4) is 0 Å². The van der Waals surface area contributed by atoms with Crippen LogP contribution in [0.5, 0.6) is 0 Å². The quantitative estimate of drug-likeness (QED) is 0.626. The average molecular weight is 353 g/mol. The number of nitrogens with zero attached hydrogens (tertiary/aromatic N) is 2. The van der Waals surface area contributed by atoms with Crippen LogP contribution in [-0.4, -0.2) is 16.8 Å². The lowest BCUT2D eigenvalue weighted by atomic mass is 9.94. The smallest absolute Gasteiger partial charge is 0.267 e. The van der Waals surface area contributed by atoms with E-state index in [1.807, 2.05) is 24.3 Å². The maximum Gasteiger partial charge on any atom is 0.267 e. The number of amides is 2. The van der Waals surface area contributed by atoms with Gasteiger partial charge in [-0.05, 0) is 45.6 Å². The second kappa shape index (κ2) is 4.74. The summed E-state index contributed by atoms with van der Waals surface area (Å²) in [5, 5.41) is 1.61. The van der Waals surface area contributed by atoms with E-state index in [-0.39, 0.29) is 11.8 Å². The second-order valence-corrected chi connectivity index (χ2v) is 5.91. The minimum absolute atomic E-state index is 0.324. The van der Waals surface area contributed by atoms with Gasteiger partial charge in [-0.2, -0.15) is 0 Å². The molecule has 1 aromatic heterocycles. The van der Waals surface area contributed by atoms with Gasteiger partial charge in [0.05, 0.1) is 0 Å². The third kappa shape index (κ3) is 1.79. The normalized spacial score (nSPS) is 13.8. The van der Waals surface area contributed by atoms with E-state index in [2.05, 4.69) is 20.9 Å². The number of imide groups is 1. The fraction of sp³-hybridized carbons (Fsp3) is 0. The Morgan fingerprint density at radius 3 is 2.05 bits per heavy atom. The predicted molar refractivity (Wildman–Crippen MR) is 87.0 cm³/mol. The summed E-state index contributed by atoms with van der Waals surface area (Å²) in [5.41, 5.74) is 1.05. The number of carbonyl (C=O) groups is 2. The van der Waals surface area contributed by atoms with Gasteiger partial charge in [-0.3, -0.25) is 9.59 Å². The van der Waals surface area contributed by atoms with Crippen LogP contribution in [0.1, 0.15) is 20.7 Å². The molecule has 0 spiro atoms. The first-order valence-electron chi connectivity index (χ1n) is 6.69. The van der Waals surface area contributed by atoms with Crippen LogP contribution in [-0.2, 0) is 0 Å². The lowest BCUT2D eigenvalue weighted by Gasteiger charge is -2.26. The molecule has 0 unspecified atom stereocenters. The van der Waals surface area contributed by atoms with Crippen molar-refractivity contribution in [1.29, 1.82) is 0 Å². The molecule has 1 aliphatic heterocycles. The first-order valence-corrected chi connectivity index (χ1v) is 7.48. The molecule has 0 N–H and O–H groups in total. The number of hydrogen-bond acceptors (Lipinski definition) is 3. The number of benzene rings is 2. The van der Waals surface area contributed by atoms with Gasteiger partial charge in [0.15, 0.2) is 0 Å². The van der Waals surface area contributed by atoms with Gasteiger partial charge in [0, 0.05) is 27.2 Å². The molecule has 22 heavy (non-hydrogen) atoms. The Morgan fingerprint density at radius 2 is 1.50 bits per heavy atom. The molecule has 2 aromatic carbocycles. The zero-order chi connectivity index (χ0) is 15.3. The van der Waals surface area contributed by atoms with Crippen molar-refractivity contribution in [3.05, 3.63) is 70.3 Å². The van der Waals surface area contributed by atoms with Crippen LogP contribution in [0.4, 0.5) is 5.82 Å². The van der Waals surface area contributed by atoms with Crippen molar-refractivity contribution in [2.75, 3.05) is 4.90 Å². The highest BCUT2D eigenvalue weighted by molar-refractivity contribution is 9.10. The molecule has 0 radical (unpaired) electrons. The van der Waals surface area contributed by atoms with Crippen molar-refractivity contribution >= 4 is 44.3 Å². The summed E-state index contributed by atoms with van der Waals surface area (Å²) in [6.07, 6.45) is 1.57. The van der Waals surface area contributed by atoms with Crippen molar-refractivity contribution < 1.29 is 9.59 Å². The molecule has 106 valence electrons. The molecule has 4 nitrogen and oxygen atoms in total. The lowest BCUT2D eigenvalue weighted by molar-refractivity contribution is 0.0892. The van der Waals surface area contributed by atoms with Crippen molar-refractivity contribution in [3.63, 3.8) is 0 Å². The molecule has 0 saturated carbocycles. The van der Waals surface area contributed by atoms with Crippen molar-refractivity contribution in [2.45, 2.75) is 0 Å². The number of carbonyl (C=O) groups excluding carboxylic acids is 2. The fourth-order valence-electron chi connectivity index (χ4n) is 2.74. The van der Waals surface area contributed by atoms with Crippen LogP contribution < -0.4 is 4.90 Å². The SMILES string of the molecule is O=C1c2cccc3cccc(c23)C(=O)N1c1ccc(Br)cn1. The number of hydrogen-bond donors (Lipinski definition) is 0. The van der Waals surface area contributed by atoms with E-state index in [9.17, 15) is 9.59 Å². The van der Waals surface area contributed by atoms with E-state index in [1.165, 1.54) is 0 Å². The van der Waals surface area contributed by atoms with Gasteiger partial charge < -0.3 is 0 Å². The van der Waals surface area contributed by atoms with Gasteiger partial charge in [0.1, 0.15) is 5.82 Å². The molecule has 0 bridgehead atoms. The minimum atomic E-state index is -0.343. The molecule has 4 rings (SSSR count). The zero-order valence-corrected chi connectivity index (χ0v) is 12.9. The summed E-state index contributed by atoms with van der Waals surface area (Å²) in [6.45, 7) is 0. The van der Waals surface area contributed by atoms with Gasteiger partial charge in [-0.1, -0.05) is 24.3 Å². The highest BCUT2D eigenvalue weighted by Gasteiger charge is 2.34. The number of aromatic nitrogens is 1. The number of rotatable bonds is 1. The van der Waals surface area contributed by atoms with E-state index in [0.29, 0.717) is 22.3 Å². The first-order chi connectivity index (χ1) is 10.7. The molecule has 2 amide bonds. The Morgan fingerprint density at radius 1 is 0.864 bits per heavy atom. The maximum absolute atomic E-state index is 12.8. The zero-order valence-electron chi connectivity index (χ0n) is 11.3. The van der Waals surface area contributed by atoms with E-state index >= 15 is 0 Å². The average Bonchev–Trinajstić information content (AvgIpc) is 2.54. The molecule has 0 fully saturated rings. The summed E-state index contributed by atoms with van der Waals surface area (Å²) in [6, 6.07) is 14.3. The predicted octanol–water partition coefficient (Wildman–Crippen LogP) is 3.80. The van der Waals surface area contributed by atoms with Crippen molar-refractivity contribution in [3.8, 4) is 0 Å². The summed E-state index contributed by atoms with van der Waals surface area (Å²) in [4.78, 5) is 30.8. The van der Waals surface area contributed by atoms with Crippen molar-refractivity contribution in [2.24, 2.45) is 0 Å². The molecule has 0 aliphatic carbocycles. The standard InChI is InChI=1S/C17H9BrN2O2/c18-11-7-8-14(19-9-11)20-16(21)12-5-1-3-10-4-2-6-13(15(10)12)17(20)22/h1-9H. The minimum Gasteiger partial charge on any atom is -0.268 e. The molecule has 1 aliphatic rings.